The van der Waals surface area contributed by atoms with E-state index in [-0.39, 0.29) is 29.7 Å². The topological polar surface area (TPSA) is 105 Å². The SMILES string of the molecule is O=C(O)CCc1cccc(NC(=O)c2ccc(OC(F)(F)F)cc2NC(=O)c2ccc3c(c2)C=CCC3)c1. The Morgan fingerprint density at radius 3 is 2.53 bits per heavy atom. The summed E-state index contributed by atoms with van der Waals surface area (Å²) in [4.78, 5) is 37.0. The summed E-state index contributed by atoms with van der Waals surface area (Å²) in [6.45, 7) is 0. The Kier molecular flexibility index (Phi) is 7.80. The number of carbonyl (C=O) groups is 3. The zero-order chi connectivity index (χ0) is 27.3. The summed E-state index contributed by atoms with van der Waals surface area (Å²) < 4.78 is 42.5. The number of alkyl halides is 3. The lowest BCUT2D eigenvalue weighted by atomic mass is 9.95. The molecule has 0 aromatic heterocycles. The summed E-state index contributed by atoms with van der Waals surface area (Å²) >= 11 is 0. The van der Waals surface area contributed by atoms with Crippen LogP contribution in [-0.2, 0) is 17.6 Å². The van der Waals surface area contributed by atoms with E-state index in [1.807, 2.05) is 18.2 Å². The van der Waals surface area contributed by atoms with Gasteiger partial charge in [-0.2, -0.15) is 0 Å². The van der Waals surface area contributed by atoms with Crippen molar-refractivity contribution in [3.05, 3.63) is 94.6 Å². The smallest absolute Gasteiger partial charge is 0.481 e. The lowest BCUT2D eigenvalue weighted by Crippen LogP contribution is -2.20. The number of aryl methyl sites for hydroxylation is 2. The summed E-state index contributed by atoms with van der Waals surface area (Å²) in [5.41, 5.74) is 2.98. The van der Waals surface area contributed by atoms with Crippen LogP contribution in [0.2, 0.25) is 0 Å². The lowest BCUT2D eigenvalue weighted by molar-refractivity contribution is -0.274. The van der Waals surface area contributed by atoms with Gasteiger partial charge in [0, 0.05) is 23.7 Å². The van der Waals surface area contributed by atoms with Crippen molar-refractivity contribution >= 4 is 35.2 Å². The van der Waals surface area contributed by atoms with Crippen molar-refractivity contribution in [2.45, 2.75) is 32.0 Å². The first-order valence-corrected chi connectivity index (χ1v) is 11.7. The van der Waals surface area contributed by atoms with E-state index in [0.717, 1.165) is 42.2 Å². The Morgan fingerprint density at radius 1 is 0.947 bits per heavy atom. The standard InChI is InChI=1S/C28H23F3N2O5/c29-28(30,31)38-22-11-12-23(27(37)32-21-7-3-4-17(14-21)8-13-25(34)35)24(16-22)33-26(36)20-10-9-18-5-1-2-6-19(18)15-20/h2-4,6-7,9-12,14-16H,1,5,8,13H2,(H,32,37)(H,33,36)(H,34,35). The van der Waals surface area contributed by atoms with Crippen LogP contribution in [0.4, 0.5) is 24.5 Å². The molecule has 196 valence electrons. The first-order chi connectivity index (χ1) is 18.1. The van der Waals surface area contributed by atoms with Gasteiger partial charge in [0.1, 0.15) is 5.75 Å². The van der Waals surface area contributed by atoms with Crippen molar-refractivity contribution in [1.29, 1.82) is 0 Å². The number of allylic oxidation sites excluding steroid dienone is 1. The molecule has 0 atom stereocenters. The van der Waals surface area contributed by atoms with Crippen molar-refractivity contribution in [2.75, 3.05) is 10.6 Å². The molecule has 0 saturated heterocycles. The van der Waals surface area contributed by atoms with Gasteiger partial charge in [0.05, 0.1) is 11.3 Å². The van der Waals surface area contributed by atoms with Crippen LogP contribution in [0.1, 0.15) is 50.2 Å². The van der Waals surface area contributed by atoms with E-state index in [9.17, 15) is 27.6 Å². The van der Waals surface area contributed by atoms with E-state index in [1.54, 1.807) is 36.4 Å². The van der Waals surface area contributed by atoms with Gasteiger partial charge < -0.3 is 20.5 Å². The van der Waals surface area contributed by atoms with Crippen LogP contribution in [0.15, 0.2) is 66.7 Å². The van der Waals surface area contributed by atoms with E-state index < -0.39 is 29.9 Å². The zero-order valence-corrected chi connectivity index (χ0v) is 20.0. The number of carbonyl (C=O) groups excluding carboxylic acids is 2. The highest BCUT2D eigenvalue weighted by molar-refractivity contribution is 6.12. The normalized spacial score (nSPS) is 12.4. The Morgan fingerprint density at radius 2 is 1.76 bits per heavy atom. The fourth-order valence-corrected chi connectivity index (χ4v) is 4.04. The maximum Gasteiger partial charge on any atom is 0.573 e. The molecule has 10 heteroatoms. The molecule has 0 aliphatic heterocycles. The quantitative estimate of drug-likeness (QED) is 0.332. The fourth-order valence-electron chi connectivity index (χ4n) is 4.04. The average Bonchev–Trinajstić information content (AvgIpc) is 2.86. The molecule has 1 aliphatic carbocycles. The third kappa shape index (κ3) is 7.00. The monoisotopic (exact) mass is 524 g/mol. The highest BCUT2D eigenvalue weighted by Gasteiger charge is 2.31. The molecule has 0 radical (unpaired) electrons. The summed E-state index contributed by atoms with van der Waals surface area (Å²) in [5, 5.41) is 14.1. The van der Waals surface area contributed by atoms with Crippen LogP contribution in [-0.4, -0.2) is 29.3 Å². The maximum atomic E-state index is 13.1. The van der Waals surface area contributed by atoms with Gasteiger partial charge in [0.2, 0.25) is 0 Å². The zero-order valence-electron chi connectivity index (χ0n) is 20.0. The molecule has 1 aliphatic rings. The van der Waals surface area contributed by atoms with Gasteiger partial charge in [-0.3, -0.25) is 14.4 Å². The van der Waals surface area contributed by atoms with E-state index in [1.165, 1.54) is 0 Å². The van der Waals surface area contributed by atoms with Gasteiger partial charge in [-0.1, -0.05) is 30.4 Å². The third-order valence-electron chi connectivity index (χ3n) is 5.82. The number of carboxylic acid groups (broad SMARTS) is 1. The number of fused-ring (bicyclic) bond motifs is 1. The molecule has 0 saturated carbocycles. The van der Waals surface area contributed by atoms with E-state index in [2.05, 4.69) is 15.4 Å². The summed E-state index contributed by atoms with van der Waals surface area (Å²) in [6.07, 6.45) is 0.814. The first kappa shape index (κ1) is 26.5. The number of anilines is 2. The number of hydrogen-bond donors (Lipinski definition) is 3. The van der Waals surface area contributed by atoms with Crippen LogP contribution in [0.25, 0.3) is 6.08 Å². The van der Waals surface area contributed by atoms with Crippen molar-refractivity contribution < 1.29 is 37.4 Å². The summed E-state index contributed by atoms with van der Waals surface area (Å²) in [5.74, 6) is -2.87. The minimum atomic E-state index is -4.97. The van der Waals surface area contributed by atoms with Crippen LogP contribution >= 0.6 is 0 Å². The Balaban J connectivity index is 1.60. The fraction of sp³-hybridized carbons (Fsp3) is 0.179. The van der Waals surface area contributed by atoms with Crippen LogP contribution in [0.3, 0.4) is 0 Å². The maximum absolute atomic E-state index is 13.1. The summed E-state index contributed by atoms with van der Waals surface area (Å²) in [6, 6.07) is 14.7. The molecule has 0 heterocycles. The number of benzene rings is 3. The van der Waals surface area contributed by atoms with Crippen molar-refractivity contribution in [1.82, 2.24) is 0 Å². The number of carboxylic acids is 1. The van der Waals surface area contributed by atoms with Gasteiger partial charge in [-0.25, -0.2) is 0 Å². The molecule has 3 aromatic rings. The minimum absolute atomic E-state index is 0.0905. The highest BCUT2D eigenvalue weighted by Crippen LogP contribution is 2.29. The number of rotatable bonds is 8. The van der Waals surface area contributed by atoms with E-state index >= 15 is 0 Å². The van der Waals surface area contributed by atoms with Crippen molar-refractivity contribution in [2.24, 2.45) is 0 Å². The predicted molar refractivity (Wildman–Crippen MR) is 135 cm³/mol. The van der Waals surface area contributed by atoms with Crippen LogP contribution < -0.4 is 15.4 Å². The van der Waals surface area contributed by atoms with Gasteiger partial charge in [-0.05, 0) is 72.4 Å². The Bertz CT molecular complexity index is 1420. The molecule has 38 heavy (non-hydrogen) atoms. The van der Waals surface area contributed by atoms with Gasteiger partial charge in [0.15, 0.2) is 0 Å². The number of halogens is 3. The van der Waals surface area contributed by atoms with Crippen molar-refractivity contribution in [3.63, 3.8) is 0 Å². The van der Waals surface area contributed by atoms with Gasteiger partial charge >= 0.3 is 12.3 Å². The van der Waals surface area contributed by atoms with Crippen LogP contribution in [0, 0.1) is 0 Å². The third-order valence-corrected chi connectivity index (χ3v) is 5.82. The molecule has 0 unspecified atom stereocenters. The number of aliphatic carboxylic acids is 1. The Hall–Kier alpha value is -4.60. The molecular weight excluding hydrogens is 501 g/mol. The second-order valence-corrected chi connectivity index (χ2v) is 8.61. The number of amides is 2. The molecule has 7 nitrogen and oxygen atoms in total. The van der Waals surface area contributed by atoms with Crippen LogP contribution in [0.5, 0.6) is 5.75 Å². The molecule has 0 spiro atoms. The predicted octanol–water partition coefficient (Wildman–Crippen LogP) is 6.07. The number of hydrogen-bond acceptors (Lipinski definition) is 4. The largest absolute Gasteiger partial charge is 0.573 e. The van der Waals surface area contributed by atoms with Crippen molar-refractivity contribution in [3.8, 4) is 5.75 Å². The second-order valence-electron chi connectivity index (χ2n) is 8.61. The molecule has 2 amide bonds. The molecule has 0 bridgehead atoms. The molecular formula is C28H23F3N2O5. The summed E-state index contributed by atoms with van der Waals surface area (Å²) in [7, 11) is 0. The van der Waals surface area contributed by atoms with E-state index in [0.29, 0.717) is 11.3 Å². The van der Waals surface area contributed by atoms with Gasteiger partial charge in [0.25, 0.3) is 11.8 Å². The molecule has 0 fully saturated rings. The minimum Gasteiger partial charge on any atom is -0.481 e. The van der Waals surface area contributed by atoms with E-state index in [4.69, 9.17) is 5.11 Å². The first-order valence-electron chi connectivity index (χ1n) is 11.7. The average molecular weight is 524 g/mol. The molecule has 3 N–H and O–H groups in total. The molecule has 3 aromatic carbocycles. The second kappa shape index (κ2) is 11.2. The van der Waals surface area contributed by atoms with Gasteiger partial charge in [-0.15, -0.1) is 13.2 Å². The number of nitrogens with one attached hydrogen (secondary N) is 2. The highest BCUT2D eigenvalue weighted by atomic mass is 19.4. The number of ether oxygens (including phenoxy) is 1. The lowest BCUT2D eigenvalue weighted by Gasteiger charge is -2.16. The molecule has 4 rings (SSSR count). The Labute approximate surface area is 215 Å².